The molecule has 2 atom stereocenters. The van der Waals surface area contributed by atoms with Gasteiger partial charge in [0.25, 0.3) is 0 Å². The highest BCUT2D eigenvalue weighted by atomic mass is 32.2. The van der Waals surface area contributed by atoms with Crippen LogP contribution in [0.1, 0.15) is 51.9 Å². The molecule has 0 radical (unpaired) electrons. The second-order valence-electron chi connectivity index (χ2n) is 5.98. The largest absolute Gasteiger partial charge is 0.324 e. The zero-order valence-corrected chi connectivity index (χ0v) is 12.1. The number of amides is 1. The molecular formula is C14H24N2OS. The van der Waals surface area contributed by atoms with E-state index in [1.54, 1.807) is 0 Å². The fraction of sp³-hybridized carbons (Fsp3) is 0.929. The highest BCUT2D eigenvalue weighted by molar-refractivity contribution is 7.99. The summed E-state index contributed by atoms with van der Waals surface area (Å²) in [5, 5.41) is 4.28. The number of nitrogens with zero attached hydrogens (tertiary/aromatic N) is 1. The van der Waals surface area contributed by atoms with Crippen LogP contribution in [-0.2, 0) is 4.79 Å². The molecule has 0 bridgehead atoms. The van der Waals surface area contributed by atoms with Gasteiger partial charge in [-0.05, 0) is 37.9 Å². The number of thioether (sulfide) groups is 1. The van der Waals surface area contributed by atoms with Crippen LogP contribution < -0.4 is 5.32 Å². The quantitative estimate of drug-likeness (QED) is 0.849. The summed E-state index contributed by atoms with van der Waals surface area (Å²) in [5.41, 5.74) is -0.126. The fourth-order valence-corrected chi connectivity index (χ4v) is 4.54. The molecule has 18 heavy (non-hydrogen) atoms. The maximum absolute atomic E-state index is 12.5. The molecule has 2 saturated heterocycles. The predicted octanol–water partition coefficient (Wildman–Crippen LogP) is 2.36. The van der Waals surface area contributed by atoms with Gasteiger partial charge in [-0.15, -0.1) is 0 Å². The molecule has 3 aliphatic rings. The molecule has 102 valence electrons. The van der Waals surface area contributed by atoms with Gasteiger partial charge in [-0.2, -0.15) is 11.8 Å². The summed E-state index contributed by atoms with van der Waals surface area (Å²) in [6.07, 6.45) is 8.67. The summed E-state index contributed by atoms with van der Waals surface area (Å²) in [6.45, 7) is 3.18. The molecule has 4 heteroatoms. The summed E-state index contributed by atoms with van der Waals surface area (Å²) < 4.78 is 0. The van der Waals surface area contributed by atoms with Crippen LogP contribution in [0, 0.1) is 0 Å². The van der Waals surface area contributed by atoms with Crippen molar-refractivity contribution in [2.75, 3.05) is 12.3 Å². The van der Waals surface area contributed by atoms with Crippen molar-refractivity contribution in [3.05, 3.63) is 0 Å². The van der Waals surface area contributed by atoms with Gasteiger partial charge in [0.05, 0.1) is 11.7 Å². The van der Waals surface area contributed by atoms with E-state index in [-0.39, 0.29) is 5.54 Å². The van der Waals surface area contributed by atoms with Crippen LogP contribution >= 0.6 is 11.8 Å². The Morgan fingerprint density at radius 2 is 2.28 bits per heavy atom. The van der Waals surface area contributed by atoms with Gasteiger partial charge >= 0.3 is 0 Å². The number of hydrogen-bond donors (Lipinski definition) is 1. The van der Waals surface area contributed by atoms with Crippen molar-refractivity contribution in [2.45, 2.75) is 68.8 Å². The lowest BCUT2D eigenvalue weighted by molar-refractivity contribution is -0.130. The van der Waals surface area contributed by atoms with E-state index in [0.717, 1.165) is 32.2 Å². The Bertz CT molecular complexity index is 324. The van der Waals surface area contributed by atoms with Crippen molar-refractivity contribution in [2.24, 2.45) is 0 Å². The molecule has 1 N–H and O–H groups in total. The van der Waals surface area contributed by atoms with Crippen molar-refractivity contribution < 1.29 is 4.79 Å². The van der Waals surface area contributed by atoms with Crippen LogP contribution in [0.3, 0.4) is 0 Å². The fourth-order valence-electron chi connectivity index (χ4n) is 3.24. The first-order valence-corrected chi connectivity index (χ1v) is 8.50. The van der Waals surface area contributed by atoms with Crippen LogP contribution in [0.15, 0.2) is 0 Å². The molecule has 1 aliphatic carbocycles. The second-order valence-corrected chi connectivity index (χ2v) is 7.39. The number of nitrogens with one attached hydrogen (secondary N) is 1. The van der Waals surface area contributed by atoms with E-state index < -0.39 is 0 Å². The minimum atomic E-state index is -0.126. The van der Waals surface area contributed by atoms with E-state index in [0.29, 0.717) is 17.3 Å². The van der Waals surface area contributed by atoms with E-state index in [1.165, 1.54) is 25.0 Å². The Morgan fingerprint density at radius 3 is 2.89 bits per heavy atom. The van der Waals surface area contributed by atoms with Crippen LogP contribution in [0.2, 0.25) is 0 Å². The average molecular weight is 268 g/mol. The molecule has 2 unspecified atom stereocenters. The number of carbonyl (C=O) groups is 1. The van der Waals surface area contributed by atoms with Gasteiger partial charge in [0, 0.05) is 11.8 Å². The molecule has 1 amide bonds. The Morgan fingerprint density at radius 1 is 1.44 bits per heavy atom. The van der Waals surface area contributed by atoms with Gasteiger partial charge in [0.1, 0.15) is 0 Å². The van der Waals surface area contributed by atoms with Crippen molar-refractivity contribution in [1.82, 2.24) is 10.2 Å². The molecule has 3 fully saturated rings. The average Bonchev–Trinajstić information content (AvgIpc) is 3.12. The number of carbonyl (C=O) groups excluding carboxylic acids is 1. The topological polar surface area (TPSA) is 32.3 Å². The van der Waals surface area contributed by atoms with Crippen molar-refractivity contribution in [3.8, 4) is 0 Å². The maximum atomic E-state index is 12.5. The summed E-state index contributed by atoms with van der Waals surface area (Å²) >= 11 is 2.07. The van der Waals surface area contributed by atoms with Gasteiger partial charge < -0.3 is 4.90 Å². The highest BCUT2D eigenvalue weighted by Crippen LogP contribution is 2.43. The third-order valence-corrected chi connectivity index (χ3v) is 5.86. The first-order valence-electron chi connectivity index (χ1n) is 7.45. The van der Waals surface area contributed by atoms with E-state index in [9.17, 15) is 4.79 Å². The monoisotopic (exact) mass is 268 g/mol. The predicted molar refractivity (Wildman–Crippen MR) is 75.6 cm³/mol. The normalized spacial score (nSPS) is 34.3. The Hall–Kier alpha value is -0.220. The second kappa shape index (κ2) is 5.04. The Kier molecular flexibility index (Phi) is 3.59. The summed E-state index contributed by atoms with van der Waals surface area (Å²) in [5.74, 6) is 1.68. The molecule has 3 nitrogen and oxygen atoms in total. The molecular weight excluding hydrogens is 244 g/mol. The van der Waals surface area contributed by atoms with E-state index in [2.05, 4.69) is 28.9 Å². The summed E-state index contributed by atoms with van der Waals surface area (Å²) in [6, 6.07) is 0. The van der Waals surface area contributed by atoms with E-state index >= 15 is 0 Å². The third kappa shape index (κ3) is 2.29. The molecule has 0 aromatic heterocycles. The SMILES string of the molecule is CCCC1NC2(CC2)C(=O)N1CC1CCCCS1. The molecule has 1 spiro atoms. The molecule has 1 saturated carbocycles. The first-order chi connectivity index (χ1) is 8.75. The van der Waals surface area contributed by atoms with Crippen molar-refractivity contribution in [3.63, 3.8) is 0 Å². The van der Waals surface area contributed by atoms with E-state index in [4.69, 9.17) is 0 Å². The Balaban J connectivity index is 1.65. The van der Waals surface area contributed by atoms with Crippen LogP contribution in [0.4, 0.5) is 0 Å². The van der Waals surface area contributed by atoms with Crippen molar-refractivity contribution >= 4 is 17.7 Å². The zero-order valence-electron chi connectivity index (χ0n) is 11.3. The van der Waals surface area contributed by atoms with Crippen molar-refractivity contribution in [1.29, 1.82) is 0 Å². The Labute approximate surface area is 114 Å². The summed E-state index contributed by atoms with van der Waals surface area (Å²) in [4.78, 5) is 14.7. The van der Waals surface area contributed by atoms with Crippen LogP contribution in [0.5, 0.6) is 0 Å². The minimum Gasteiger partial charge on any atom is -0.324 e. The lowest BCUT2D eigenvalue weighted by Crippen LogP contribution is -2.41. The van der Waals surface area contributed by atoms with Gasteiger partial charge in [-0.1, -0.05) is 19.8 Å². The molecule has 2 aliphatic heterocycles. The lowest BCUT2D eigenvalue weighted by atomic mass is 10.1. The van der Waals surface area contributed by atoms with Gasteiger partial charge in [-0.25, -0.2) is 0 Å². The van der Waals surface area contributed by atoms with Crippen LogP contribution in [0.25, 0.3) is 0 Å². The first kappa shape index (κ1) is 12.8. The van der Waals surface area contributed by atoms with Gasteiger partial charge in [0.2, 0.25) is 5.91 Å². The molecule has 0 aromatic carbocycles. The van der Waals surface area contributed by atoms with Crippen LogP contribution in [-0.4, -0.2) is 40.1 Å². The minimum absolute atomic E-state index is 0.126. The third-order valence-electron chi connectivity index (χ3n) is 4.48. The van der Waals surface area contributed by atoms with Gasteiger partial charge in [-0.3, -0.25) is 10.1 Å². The maximum Gasteiger partial charge on any atom is 0.244 e. The van der Waals surface area contributed by atoms with E-state index in [1.807, 2.05) is 0 Å². The zero-order chi connectivity index (χ0) is 12.6. The lowest BCUT2D eigenvalue weighted by Gasteiger charge is -2.30. The standard InChI is InChI=1S/C14H24N2OS/c1-2-5-12-15-14(7-8-14)13(17)16(12)10-11-6-3-4-9-18-11/h11-12,15H,2-10H2,1H3. The summed E-state index contributed by atoms with van der Waals surface area (Å²) in [7, 11) is 0. The number of rotatable bonds is 4. The highest BCUT2D eigenvalue weighted by Gasteiger charge is 2.58. The molecule has 2 heterocycles. The number of hydrogen-bond acceptors (Lipinski definition) is 3. The smallest absolute Gasteiger partial charge is 0.244 e. The molecule has 0 aromatic rings. The molecule has 3 rings (SSSR count). The van der Waals surface area contributed by atoms with Gasteiger partial charge in [0.15, 0.2) is 0 Å².